The first-order valence-electron chi connectivity index (χ1n) is 21.2. The fourth-order valence-electron chi connectivity index (χ4n) is 9.74. The number of anilines is 2. The number of hydrogen-bond donors (Lipinski definition) is 1. The van der Waals surface area contributed by atoms with Crippen molar-refractivity contribution in [3.8, 4) is 11.8 Å². The van der Waals surface area contributed by atoms with Gasteiger partial charge in [0.25, 0.3) is 11.8 Å². The van der Waals surface area contributed by atoms with Gasteiger partial charge in [0.2, 0.25) is 17.8 Å². The molecule has 0 aliphatic carbocycles. The Kier molecular flexibility index (Phi) is 10.8. The zero-order valence-electron chi connectivity index (χ0n) is 34.5. The number of rotatable bonds is 10. The summed E-state index contributed by atoms with van der Waals surface area (Å²) in [6, 6.07) is 22.1. The Morgan fingerprint density at radius 1 is 0.869 bits per heavy atom. The number of nitrogens with one attached hydrogen (secondary N) is 1. The van der Waals surface area contributed by atoms with Gasteiger partial charge in [0, 0.05) is 67.4 Å². The highest BCUT2D eigenvalue weighted by Crippen LogP contribution is 2.43. The first-order valence-corrected chi connectivity index (χ1v) is 21.6. The summed E-state index contributed by atoms with van der Waals surface area (Å²) >= 11 is 6.30. The molecule has 6 heterocycles. The normalized spacial score (nSPS) is 20.7. The summed E-state index contributed by atoms with van der Waals surface area (Å²) in [5, 5.41) is 12.2. The van der Waals surface area contributed by atoms with Crippen molar-refractivity contribution < 1.29 is 23.9 Å². The predicted octanol–water partition coefficient (Wildman–Crippen LogP) is 6.13. The van der Waals surface area contributed by atoms with Crippen LogP contribution in [0.5, 0.6) is 5.75 Å². The van der Waals surface area contributed by atoms with Gasteiger partial charge in [-0.25, -0.2) is 9.97 Å². The van der Waals surface area contributed by atoms with Gasteiger partial charge in [-0.3, -0.25) is 29.4 Å². The van der Waals surface area contributed by atoms with Crippen LogP contribution >= 0.6 is 11.6 Å². The Balaban J connectivity index is 0.716. The molecule has 13 nitrogen and oxygen atoms in total. The molecule has 3 aromatic carbocycles. The van der Waals surface area contributed by atoms with Gasteiger partial charge in [0.15, 0.2) is 0 Å². The molecule has 5 aliphatic heterocycles. The molecule has 4 saturated heterocycles. The average molecular weight is 841 g/mol. The third-order valence-electron chi connectivity index (χ3n) is 13.7. The van der Waals surface area contributed by atoms with Crippen molar-refractivity contribution in [2.45, 2.75) is 70.4 Å². The van der Waals surface area contributed by atoms with Gasteiger partial charge < -0.3 is 19.4 Å². The number of nitriles is 1. The van der Waals surface area contributed by atoms with Crippen LogP contribution in [0.25, 0.3) is 0 Å². The van der Waals surface area contributed by atoms with Crippen molar-refractivity contribution >= 4 is 46.9 Å². The van der Waals surface area contributed by atoms with E-state index in [1.54, 1.807) is 24.4 Å². The molecule has 1 unspecified atom stereocenters. The maximum Gasteiger partial charge on any atom is 0.262 e. The summed E-state index contributed by atoms with van der Waals surface area (Å²) in [6.07, 6.45) is 6.56. The van der Waals surface area contributed by atoms with E-state index < -0.39 is 23.8 Å². The molecule has 1 atom stereocenters. The van der Waals surface area contributed by atoms with E-state index in [0.717, 1.165) is 97.8 Å². The van der Waals surface area contributed by atoms with Gasteiger partial charge in [-0.05, 0) is 116 Å². The Morgan fingerprint density at radius 3 is 2.31 bits per heavy atom. The number of aromatic nitrogens is 2. The Morgan fingerprint density at radius 2 is 1.59 bits per heavy atom. The summed E-state index contributed by atoms with van der Waals surface area (Å²) in [4.78, 5) is 68.3. The van der Waals surface area contributed by atoms with Crippen LogP contribution in [-0.4, -0.2) is 95.3 Å². The number of halogens is 1. The number of hydrogen-bond acceptors (Lipinski definition) is 11. The molecule has 5 aliphatic rings. The molecule has 0 saturated carbocycles. The number of piperidine rings is 3. The average Bonchev–Trinajstić information content (AvgIpc) is 3.49. The maximum atomic E-state index is 13.4. The molecule has 1 spiro atoms. The number of benzene rings is 3. The number of imide groups is 2. The van der Waals surface area contributed by atoms with E-state index in [4.69, 9.17) is 21.3 Å². The van der Waals surface area contributed by atoms with Crippen LogP contribution in [0.3, 0.4) is 0 Å². The lowest BCUT2D eigenvalue weighted by molar-refractivity contribution is -0.136. The minimum atomic E-state index is -0.963. The smallest absolute Gasteiger partial charge is 0.262 e. The lowest BCUT2D eigenvalue weighted by Crippen LogP contribution is -2.54. The van der Waals surface area contributed by atoms with Gasteiger partial charge in [-0.15, -0.1) is 0 Å². The van der Waals surface area contributed by atoms with Crippen LogP contribution in [0, 0.1) is 22.7 Å². The van der Waals surface area contributed by atoms with Crippen LogP contribution in [0.4, 0.5) is 11.6 Å². The van der Waals surface area contributed by atoms with Gasteiger partial charge in [0.1, 0.15) is 18.4 Å². The summed E-state index contributed by atoms with van der Waals surface area (Å²) in [6.45, 7) is 11.5. The first kappa shape index (κ1) is 40.6. The number of nitrogens with zero attached hydrogens (tertiary/aromatic N) is 7. The molecule has 0 bridgehead atoms. The number of fused-ring (bicyclic) bond motifs is 1. The maximum absolute atomic E-state index is 13.4. The SMILES string of the molecule is CC(C)(c1ccc(OCc2ccnc(N3CC(CN4CCC5(CC4)CCN(c4ccc6c(c4)C(=O)N(C4CCC(=O)NC4=O)C6=O)CC5)C3)n2)cc1)c1cc(Cl)cc(C#N)c1. The number of likely N-dealkylation sites (tertiary alicyclic amines) is 1. The second-order valence-electron chi connectivity index (χ2n) is 17.9. The van der Waals surface area contributed by atoms with E-state index in [2.05, 4.69) is 44.9 Å². The number of carbonyl (C=O) groups is 4. The highest BCUT2D eigenvalue weighted by Gasteiger charge is 2.45. The number of amides is 4. The predicted molar refractivity (Wildman–Crippen MR) is 229 cm³/mol. The Labute approximate surface area is 360 Å². The van der Waals surface area contributed by atoms with Gasteiger partial charge >= 0.3 is 0 Å². The summed E-state index contributed by atoms with van der Waals surface area (Å²) < 4.78 is 6.13. The van der Waals surface area contributed by atoms with E-state index in [1.807, 2.05) is 48.5 Å². The third kappa shape index (κ3) is 8.07. The molecule has 61 heavy (non-hydrogen) atoms. The first-order chi connectivity index (χ1) is 29.4. The number of carbonyl (C=O) groups excluding carboxylic acids is 4. The minimum Gasteiger partial charge on any atom is -0.487 e. The van der Waals surface area contributed by atoms with Crippen molar-refractivity contribution in [2.75, 3.05) is 55.6 Å². The van der Waals surface area contributed by atoms with Gasteiger partial charge in [-0.2, -0.15) is 5.26 Å². The van der Waals surface area contributed by atoms with Crippen molar-refractivity contribution in [1.82, 2.24) is 25.1 Å². The quantitative estimate of drug-likeness (QED) is 0.184. The molecule has 9 rings (SSSR count). The monoisotopic (exact) mass is 840 g/mol. The van der Waals surface area contributed by atoms with E-state index in [0.29, 0.717) is 39.7 Å². The van der Waals surface area contributed by atoms with E-state index in [1.165, 1.54) is 12.8 Å². The van der Waals surface area contributed by atoms with E-state index in [9.17, 15) is 24.4 Å². The molecule has 314 valence electrons. The van der Waals surface area contributed by atoms with Crippen molar-refractivity contribution in [1.29, 1.82) is 5.26 Å². The lowest BCUT2D eigenvalue weighted by Gasteiger charge is -2.49. The molecule has 4 fully saturated rings. The van der Waals surface area contributed by atoms with Crippen molar-refractivity contribution in [2.24, 2.45) is 11.3 Å². The zero-order chi connectivity index (χ0) is 42.5. The van der Waals surface area contributed by atoms with E-state index in [-0.39, 0.29) is 24.2 Å². The minimum absolute atomic E-state index is 0.100. The molecule has 0 radical (unpaired) electrons. The van der Waals surface area contributed by atoms with Crippen LogP contribution in [0.2, 0.25) is 5.02 Å². The summed E-state index contributed by atoms with van der Waals surface area (Å²) in [5.41, 5.74) is 4.96. The second kappa shape index (κ2) is 16.2. The van der Waals surface area contributed by atoms with Crippen LogP contribution in [-0.2, 0) is 21.6 Å². The second-order valence-corrected chi connectivity index (χ2v) is 18.3. The molecular formula is C47H49ClN8O5. The largest absolute Gasteiger partial charge is 0.487 e. The highest BCUT2D eigenvalue weighted by molar-refractivity contribution is 6.30. The molecule has 1 N–H and O–H groups in total. The standard InChI is InChI=1S/C47H49ClN8O5/c1-46(2,33-21-30(25-49)22-34(48)23-33)32-3-6-37(7-4-32)61-29-35-11-16-50-45(51-35)55-27-31(28-55)26-53-17-12-47(13-18-53)14-19-54(20-15-47)36-5-8-38-39(24-36)44(60)56(43(38)59)40-9-10-41(57)52-42(40)58/h3-8,11,16,21-24,31,40H,9-10,12-15,17-20,26-29H2,1-2H3,(H,52,57,58). The van der Waals surface area contributed by atoms with Gasteiger partial charge in [-0.1, -0.05) is 37.6 Å². The van der Waals surface area contributed by atoms with Crippen LogP contribution < -0.4 is 19.9 Å². The summed E-state index contributed by atoms with van der Waals surface area (Å²) in [7, 11) is 0. The van der Waals surface area contributed by atoms with Crippen LogP contribution in [0.15, 0.2) is 72.9 Å². The molecular weight excluding hydrogens is 792 g/mol. The zero-order valence-corrected chi connectivity index (χ0v) is 35.3. The van der Waals surface area contributed by atoms with Crippen molar-refractivity contribution in [3.05, 3.63) is 111 Å². The van der Waals surface area contributed by atoms with Crippen LogP contribution in [0.1, 0.15) is 95.5 Å². The summed E-state index contributed by atoms with van der Waals surface area (Å²) in [5.74, 6) is 0.136. The number of ether oxygens (including phenoxy) is 1. The Hall–Kier alpha value is -5.84. The lowest BCUT2D eigenvalue weighted by atomic mass is 9.71. The van der Waals surface area contributed by atoms with Gasteiger partial charge in [0.05, 0.1) is 28.5 Å². The Bertz CT molecular complexity index is 2430. The third-order valence-corrected chi connectivity index (χ3v) is 13.9. The van der Waals surface area contributed by atoms with E-state index >= 15 is 0 Å². The molecule has 14 heteroatoms. The fourth-order valence-corrected chi connectivity index (χ4v) is 9.98. The topological polar surface area (TPSA) is 152 Å². The molecule has 4 amide bonds. The molecule has 4 aromatic rings. The highest BCUT2D eigenvalue weighted by atomic mass is 35.5. The fraction of sp³-hybridized carbons (Fsp3) is 0.426. The molecule has 1 aromatic heterocycles. The van der Waals surface area contributed by atoms with Crippen molar-refractivity contribution in [3.63, 3.8) is 0 Å².